The van der Waals surface area contributed by atoms with Gasteiger partial charge in [-0.25, -0.2) is 0 Å². The van der Waals surface area contributed by atoms with Crippen LogP contribution in [0.4, 0.5) is 5.82 Å². The number of benzene rings is 1. The second-order valence-corrected chi connectivity index (χ2v) is 6.52. The Morgan fingerprint density at radius 1 is 1.25 bits per heavy atom. The van der Waals surface area contributed by atoms with E-state index in [-0.39, 0.29) is 17.7 Å². The lowest BCUT2D eigenvalue weighted by Gasteiger charge is -2.18. The lowest BCUT2D eigenvalue weighted by Crippen LogP contribution is -2.18. The molecule has 0 bridgehead atoms. The molecule has 1 aliphatic carbocycles. The molecule has 1 saturated carbocycles. The summed E-state index contributed by atoms with van der Waals surface area (Å²) < 4.78 is 12.9. The predicted octanol–water partition coefficient (Wildman–Crippen LogP) is 2.55. The minimum Gasteiger partial charge on any atom is -0.486 e. The van der Waals surface area contributed by atoms with E-state index in [9.17, 15) is 4.79 Å². The van der Waals surface area contributed by atoms with Crippen LogP contribution in [-0.2, 0) is 11.8 Å². The van der Waals surface area contributed by atoms with Gasteiger partial charge in [-0.1, -0.05) is 6.07 Å². The van der Waals surface area contributed by atoms with Gasteiger partial charge in [0.2, 0.25) is 5.91 Å². The Hall–Kier alpha value is -2.50. The van der Waals surface area contributed by atoms with Crippen LogP contribution in [0, 0.1) is 19.8 Å². The minimum atomic E-state index is 0.00200. The monoisotopic (exact) mass is 327 g/mol. The van der Waals surface area contributed by atoms with Crippen molar-refractivity contribution < 1.29 is 14.3 Å². The van der Waals surface area contributed by atoms with Crippen molar-refractivity contribution in [1.82, 2.24) is 9.78 Å². The van der Waals surface area contributed by atoms with E-state index < -0.39 is 0 Å². The summed E-state index contributed by atoms with van der Waals surface area (Å²) in [6, 6.07) is 5.97. The third kappa shape index (κ3) is 2.52. The molecule has 0 spiro atoms. The maximum atomic E-state index is 12.6. The fourth-order valence-electron chi connectivity index (χ4n) is 3.29. The lowest BCUT2D eigenvalue weighted by atomic mass is 10.1. The number of fused-ring (bicyclic) bond motifs is 1. The number of anilines is 1. The van der Waals surface area contributed by atoms with Crippen LogP contribution in [0.2, 0.25) is 0 Å². The van der Waals surface area contributed by atoms with Gasteiger partial charge in [0.15, 0.2) is 11.5 Å². The summed E-state index contributed by atoms with van der Waals surface area (Å²) in [4.78, 5) is 12.6. The summed E-state index contributed by atoms with van der Waals surface area (Å²) in [7, 11) is 1.85. The van der Waals surface area contributed by atoms with E-state index in [4.69, 9.17) is 9.47 Å². The van der Waals surface area contributed by atoms with Gasteiger partial charge in [-0.3, -0.25) is 9.48 Å². The summed E-state index contributed by atoms with van der Waals surface area (Å²) in [6.07, 6.45) is 0.862. The summed E-state index contributed by atoms with van der Waals surface area (Å²) in [6.45, 7) is 5.08. The molecular weight excluding hydrogens is 306 g/mol. The zero-order valence-corrected chi connectivity index (χ0v) is 14.1. The highest BCUT2D eigenvalue weighted by Crippen LogP contribution is 2.49. The summed E-state index contributed by atoms with van der Waals surface area (Å²) >= 11 is 0. The van der Waals surface area contributed by atoms with Gasteiger partial charge in [0, 0.05) is 18.5 Å². The summed E-state index contributed by atoms with van der Waals surface area (Å²) in [5.74, 6) is 2.65. The molecule has 24 heavy (non-hydrogen) atoms. The molecule has 2 atom stereocenters. The zero-order chi connectivity index (χ0) is 16.8. The standard InChI is InChI=1S/C18H21N3O3/c1-10-11(2)20-21(3)17(10)19-18(22)14-9-13(14)12-4-5-15-16(8-12)24-7-6-23-15/h4-5,8,13-14H,6-7,9H2,1-3H3,(H,19,22)/t13-,14+/m0/s1. The number of nitrogens with one attached hydrogen (secondary N) is 1. The molecule has 2 heterocycles. The van der Waals surface area contributed by atoms with E-state index in [0.717, 1.165) is 40.6 Å². The van der Waals surface area contributed by atoms with Gasteiger partial charge < -0.3 is 14.8 Å². The Morgan fingerprint density at radius 2 is 2.00 bits per heavy atom. The average Bonchev–Trinajstić information content (AvgIpc) is 3.34. The second-order valence-electron chi connectivity index (χ2n) is 6.52. The first-order valence-corrected chi connectivity index (χ1v) is 8.25. The number of aromatic nitrogens is 2. The topological polar surface area (TPSA) is 65.4 Å². The fourth-order valence-corrected chi connectivity index (χ4v) is 3.29. The van der Waals surface area contributed by atoms with Crippen LogP contribution < -0.4 is 14.8 Å². The van der Waals surface area contributed by atoms with Crippen LogP contribution in [0.15, 0.2) is 18.2 Å². The number of ether oxygens (including phenoxy) is 2. The van der Waals surface area contributed by atoms with E-state index in [1.807, 2.05) is 39.1 Å². The molecule has 1 aliphatic heterocycles. The van der Waals surface area contributed by atoms with Crippen molar-refractivity contribution in [2.75, 3.05) is 18.5 Å². The van der Waals surface area contributed by atoms with E-state index in [1.165, 1.54) is 0 Å². The fraction of sp³-hybridized carbons (Fsp3) is 0.444. The lowest BCUT2D eigenvalue weighted by molar-refractivity contribution is -0.117. The number of nitrogens with zero attached hydrogens (tertiary/aromatic N) is 2. The van der Waals surface area contributed by atoms with Crippen LogP contribution in [0.5, 0.6) is 11.5 Å². The zero-order valence-electron chi connectivity index (χ0n) is 14.1. The maximum Gasteiger partial charge on any atom is 0.229 e. The van der Waals surface area contributed by atoms with E-state index in [2.05, 4.69) is 10.4 Å². The average molecular weight is 327 g/mol. The van der Waals surface area contributed by atoms with E-state index in [1.54, 1.807) is 4.68 Å². The van der Waals surface area contributed by atoms with Gasteiger partial charge in [-0.05, 0) is 43.9 Å². The number of rotatable bonds is 3. The third-order valence-electron chi connectivity index (χ3n) is 4.88. The van der Waals surface area contributed by atoms with Crippen molar-refractivity contribution in [3.63, 3.8) is 0 Å². The van der Waals surface area contributed by atoms with Gasteiger partial charge in [-0.15, -0.1) is 0 Å². The molecule has 1 N–H and O–H groups in total. The largest absolute Gasteiger partial charge is 0.486 e. The van der Waals surface area contributed by atoms with Gasteiger partial charge in [0.25, 0.3) is 0 Å². The molecule has 1 fully saturated rings. The Labute approximate surface area is 140 Å². The van der Waals surface area contributed by atoms with Gasteiger partial charge in [-0.2, -0.15) is 5.10 Å². The number of hydrogen-bond acceptors (Lipinski definition) is 4. The van der Waals surface area contributed by atoms with Crippen molar-refractivity contribution in [3.05, 3.63) is 35.0 Å². The minimum absolute atomic E-state index is 0.00200. The van der Waals surface area contributed by atoms with Crippen LogP contribution in [-0.4, -0.2) is 28.9 Å². The van der Waals surface area contributed by atoms with Crippen molar-refractivity contribution in [1.29, 1.82) is 0 Å². The summed E-state index contributed by atoms with van der Waals surface area (Å²) in [5.41, 5.74) is 3.09. The van der Waals surface area contributed by atoms with E-state index in [0.29, 0.717) is 13.2 Å². The molecule has 4 rings (SSSR count). The van der Waals surface area contributed by atoms with Crippen LogP contribution in [0.25, 0.3) is 0 Å². The molecule has 1 aromatic heterocycles. The molecule has 6 nitrogen and oxygen atoms in total. The Morgan fingerprint density at radius 3 is 2.71 bits per heavy atom. The first-order chi connectivity index (χ1) is 11.5. The first kappa shape index (κ1) is 15.1. The summed E-state index contributed by atoms with van der Waals surface area (Å²) in [5, 5.41) is 7.37. The molecule has 1 aromatic carbocycles. The van der Waals surface area contributed by atoms with E-state index >= 15 is 0 Å². The molecule has 2 aliphatic rings. The van der Waals surface area contributed by atoms with Crippen molar-refractivity contribution in [2.45, 2.75) is 26.2 Å². The Kier molecular flexibility index (Phi) is 3.48. The van der Waals surface area contributed by atoms with Crippen molar-refractivity contribution in [2.24, 2.45) is 13.0 Å². The first-order valence-electron chi connectivity index (χ1n) is 8.25. The highest BCUT2D eigenvalue weighted by atomic mass is 16.6. The molecule has 126 valence electrons. The molecule has 0 radical (unpaired) electrons. The molecule has 0 saturated heterocycles. The Balaban J connectivity index is 1.47. The number of hydrogen-bond donors (Lipinski definition) is 1. The smallest absolute Gasteiger partial charge is 0.229 e. The van der Waals surface area contributed by atoms with Crippen LogP contribution >= 0.6 is 0 Å². The third-order valence-corrected chi connectivity index (χ3v) is 4.88. The number of amides is 1. The van der Waals surface area contributed by atoms with Crippen LogP contribution in [0.1, 0.15) is 29.2 Å². The number of carbonyl (C=O) groups excluding carboxylic acids is 1. The predicted molar refractivity (Wildman–Crippen MR) is 89.6 cm³/mol. The molecule has 0 unspecified atom stereocenters. The van der Waals surface area contributed by atoms with Crippen molar-refractivity contribution in [3.8, 4) is 11.5 Å². The molecule has 1 amide bonds. The molecule has 2 aromatic rings. The normalized spacial score (nSPS) is 21.5. The highest BCUT2D eigenvalue weighted by molar-refractivity contribution is 5.95. The van der Waals surface area contributed by atoms with Crippen molar-refractivity contribution >= 4 is 11.7 Å². The van der Waals surface area contributed by atoms with Crippen LogP contribution in [0.3, 0.4) is 0 Å². The molecule has 6 heteroatoms. The molecular formula is C18H21N3O3. The second kappa shape index (κ2) is 5.54. The number of carbonyl (C=O) groups is 1. The SMILES string of the molecule is Cc1nn(C)c(NC(=O)[C@@H]2C[C@H]2c2ccc3c(c2)OCCO3)c1C. The quantitative estimate of drug-likeness (QED) is 0.941. The van der Waals surface area contributed by atoms with Gasteiger partial charge in [0.05, 0.1) is 5.69 Å². The Bertz CT molecular complexity index is 812. The van der Waals surface area contributed by atoms with Gasteiger partial charge >= 0.3 is 0 Å². The maximum absolute atomic E-state index is 12.6. The van der Waals surface area contributed by atoms with Gasteiger partial charge in [0.1, 0.15) is 19.0 Å². The number of aryl methyl sites for hydroxylation is 2. The highest BCUT2D eigenvalue weighted by Gasteiger charge is 2.44.